The fourth-order valence-corrected chi connectivity index (χ4v) is 1.37. The summed E-state index contributed by atoms with van der Waals surface area (Å²) in [5.74, 6) is 0. The molecule has 0 atom stereocenters. The molecular weight excluding hydrogens is 190 g/mol. The Balaban J connectivity index is 2.06. The second kappa shape index (κ2) is 5.74. The van der Waals surface area contributed by atoms with E-state index in [-0.39, 0.29) is 6.61 Å². The summed E-state index contributed by atoms with van der Waals surface area (Å²) in [6, 6.07) is 0. The van der Waals surface area contributed by atoms with E-state index in [9.17, 15) is 0 Å². The number of rotatable bonds is 6. The standard InChI is InChI=1S/C7H13N3O2S/c8-6-5-10-7(13-6)9-1-3-12-4-2-11/h5,11H,1-4,8H2,(H,9,10). The van der Waals surface area contributed by atoms with Crippen molar-refractivity contribution < 1.29 is 9.84 Å². The molecule has 1 aromatic rings. The Morgan fingerprint density at radius 3 is 3.08 bits per heavy atom. The number of hydrogen-bond donors (Lipinski definition) is 3. The number of nitrogens with one attached hydrogen (secondary N) is 1. The van der Waals surface area contributed by atoms with Crippen molar-refractivity contribution in [2.24, 2.45) is 0 Å². The normalized spacial score (nSPS) is 10.2. The van der Waals surface area contributed by atoms with Gasteiger partial charge in [-0.1, -0.05) is 11.3 Å². The Bertz CT molecular complexity index is 241. The molecule has 5 nitrogen and oxygen atoms in total. The zero-order valence-corrected chi connectivity index (χ0v) is 8.01. The van der Waals surface area contributed by atoms with Gasteiger partial charge in [0.05, 0.1) is 26.0 Å². The highest BCUT2D eigenvalue weighted by Crippen LogP contribution is 2.18. The van der Waals surface area contributed by atoms with Crippen LogP contribution in [0.4, 0.5) is 10.1 Å². The highest BCUT2D eigenvalue weighted by atomic mass is 32.1. The Hall–Kier alpha value is -0.850. The average molecular weight is 203 g/mol. The molecule has 6 heteroatoms. The van der Waals surface area contributed by atoms with E-state index in [1.165, 1.54) is 11.3 Å². The Labute approximate surface area is 80.5 Å². The molecule has 0 spiro atoms. The van der Waals surface area contributed by atoms with Gasteiger partial charge in [-0.25, -0.2) is 4.98 Å². The van der Waals surface area contributed by atoms with Crippen molar-refractivity contribution in [3.05, 3.63) is 6.20 Å². The van der Waals surface area contributed by atoms with Crippen molar-refractivity contribution in [1.29, 1.82) is 0 Å². The van der Waals surface area contributed by atoms with Crippen molar-refractivity contribution in [3.63, 3.8) is 0 Å². The minimum absolute atomic E-state index is 0.0597. The zero-order chi connectivity index (χ0) is 9.52. The summed E-state index contributed by atoms with van der Waals surface area (Å²) in [5.41, 5.74) is 5.48. The van der Waals surface area contributed by atoms with Gasteiger partial charge in [-0.2, -0.15) is 0 Å². The summed E-state index contributed by atoms with van der Waals surface area (Å²) < 4.78 is 5.04. The van der Waals surface area contributed by atoms with Crippen LogP contribution in [0.25, 0.3) is 0 Å². The lowest BCUT2D eigenvalue weighted by Crippen LogP contribution is -2.10. The summed E-state index contributed by atoms with van der Waals surface area (Å²) in [7, 11) is 0. The molecule has 1 aromatic heterocycles. The highest BCUT2D eigenvalue weighted by Gasteiger charge is 1.96. The van der Waals surface area contributed by atoms with E-state index in [1.54, 1.807) is 6.20 Å². The monoisotopic (exact) mass is 203 g/mol. The van der Waals surface area contributed by atoms with E-state index in [1.807, 2.05) is 0 Å². The maximum atomic E-state index is 8.41. The number of anilines is 2. The highest BCUT2D eigenvalue weighted by molar-refractivity contribution is 7.19. The second-order valence-electron chi connectivity index (χ2n) is 2.33. The Morgan fingerprint density at radius 1 is 1.62 bits per heavy atom. The van der Waals surface area contributed by atoms with Crippen LogP contribution in [0.1, 0.15) is 0 Å². The fraction of sp³-hybridized carbons (Fsp3) is 0.571. The van der Waals surface area contributed by atoms with Gasteiger partial charge in [0.2, 0.25) is 0 Å². The predicted octanol–water partition coefficient (Wildman–Crippen LogP) is 0.146. The summed E-state index contributed by atoms with van der Waals surface area (Å²) in [4.78, 5) is 4.01. The number of hydrogen-bond acceptors (Lipinski definition) is 6. The third kappa shape index (κ3) is 4.07. The zero-order valence-electron chi connectivity index (χ0n) is 7.19. The Morgan fingerprint density at radius 2 is 2.46 bits per heavy atom. The number of aliphatic hydroxyl groups excluding tert-OH is 1. The molecule has 1 heterocycles. The van der Waals surface area contributed by atoms with Gasteiger partial charge >= 0.3 is 0 Å². The van der Waals surface area contributed by atoms with Crippen molar-refractivity contribution >= 4 is 21.5 Å². The number of aliphatic hydroxyl groups is 1. The van der Waals surface area contributed by atoms with Gasteiger partial charge < -0.3 is 20.9 Å². The molecule has 0 unspecified atom stereocenters. The topological polar surface area (TPSA) is 80.4 Å². The van der Waals surface area contributed by atoms with Crippen molar-refractivity contribution in [2.45, 2.75) is 0 Å². The lowest BCUT2D eigenvalue weighted by Gasteiger charge is -2.02. The van der Waals surface area contributed by atoms with E-state index in [4.69, 9.17) is 15.6 Å². The number of nitrogens with zero attached hydrogens (tertiary/aromatic N) is 1. The number of nitrogen functional groups attached to an aromatic ring is 1. The van der Waals surface area contributed by atoms with Crippen LogP contribution in [0.3, 0.4) is 0 Å². The largest absolute Gasteiger partial charge is 0.394 e. The van der Waals surface area contributed by atoms with Crippen LogP contribution in [0.15, 0.2) is 6.20 Å². The van der Waals surface area contributed by atoms with Crippen LogP contribution in [-0.4, -0.2) is 36.5 Å². The smallest absolute Gasteiger partial charge is 0.184 e. The maximum Gasteiger partial charge on any atom is 0.184 e. The van der Waals surface area contributed by atoms with Crippen molar-refractivity contribution in [3.8, 4) is 0 Å². The van der Waals surface area contributed by atoms with Crippen LogP contribution in [0.5, 0.6) is 0 Å². The van der Waals surface area contributed by atoms with Gasteiger partial charge in [0.25, 0.3) is 0 Å². The molecule has 4 N–H and O–H groups in total. The summed E-state index contributed by atoms with van der Waals surface area (Å²) in [5, 5.41) is 12.9. The predicted molar refractivity (Wildman–Crippen MR) is 52.9 cm³/mol. The van der Waals surface area contributed by atoms with Gasteiger partial charge in [0, 0.05) is 6.54 Å². The van der Waals surface area contributed by atoms with Crippen molar-refractivity contribution in [1.82, 2.24) is 4.98 Å². The van der Waals surface area contributed by atoms with Crippen molar-refractivity contribution in [2.75, 3.05) is 37.4 Å². The summed E-state index contributed by atoms with van der Waals surface area (Å²) in [6.45, 7) is 1.67. The molecule has 1 rings (SSSR count). The van der Waals surface area contributed by atoms with Gasteiger partial charge in [0.1, 0.15) is 5.00 Å². The summed E-state index contributed by atoms with van der Waals surface area (Å²) in [6.07, 6.45) is 1.61. The molecule has 0 aliphatic heterocycles. The number of nitrogens with two attached hydrogens (primary N) is 1. The number of aromatic nitrogens is 1. The lowest BCUT2D eigenvalue weighted by atomic mass is 10.7. The van der Waals surface area contributed by atoms with Gasteiger partial charge in [-0.15, -0.1) is 0 Å². The molecule has 0 saturated heterocycles. The van der Waals surface area contributed by atoms with Crippen LogP contribution < -0.4 is 11.1 Å². The van der Waals surface area contributed by atoms with Crippen LogP contribution in [0, 0.1) is 0 Å². The molecule has 0 radical (unpaired) electrons. The van der Waals surface area contributed by atoms with E-state index >= 15 is 0 Å². The van der Waals surface area contributed by atoms with E-state index in [0.717, 1.165) is 5.13 Å². The third-order valence-corrected chi connectivity index (χ3v) is 2.07. The van der Waals surface area contributed by atoms with Crippen LogP contribution in [-0.2, 0) is 4.74 Å². The molecule has 0 aliphatic carbocycles. The Kier molecular flexibility index (Phi) is 4.52. The van der Waals surface area contributed by atoms with Gasteiger partial charge in [0.15, 0.2) is 5.13 Å². The molecule has 0 bridgehead atoms. The average Bonchev–Trinajstić information content (AvgIpc) is 2.51. The molecule has 0 aromatic carbocycles. The first kappa shape index (κ1) is 10.2. The molecule has 0 aliphatic rings. The minimum Gasteiger partial charge on any atom is -0.394 e. The number of ether oxygens (including phenoxy) is 1. The quantitative estimate of drug-likeness (QED) is 0.573. The molecule has 0 amide bonds. The SMILES string of the molecule is Nc1cnc(NCCOCCO)s1. The first-order valence-corrected chi connectivity index (χ1v) is 4.78. The molecule has 74 valence electrons. The molecule has 13 heavy (non-hydrogen) atoms. The first-order chi connectivity index (χ1) is 6.33. The fourth-order valence-electron chi connectivity index (χ4n) is 0.765. The van der Waals surface area contributed by atoms with Crippen LogP contribution >= 0.6 is 11.3 Å². The minimum atomic E-state index is 0.0597. The number of thiazole rings is 1. The molecule has 0 saturated carbocycles. The van der Waals surface area contributed by atoms with E-state index < -0.39 is 0 Å². The van der Waals surface area contributed by atoms with Crippen LogP contribution in [0.2, 0.25) is 0 Å². The van der Waals surface area contributed by atoms with Gasteiger partial charge in [-0.3, -0.25) is 0 Å². The second-order valence-corrected chi connectivity index (χ2v) is 3.39. The lowest BCUT2D eigenvalue weighted by molar-refractivity contribution is 0.0992. The maximum absolute atomic E-state index is 8.41. The first-order valence-electron chi connectivity index (χ1n) is 3.96. The van der Waals surface area contributed by atoms with E-state index in [2.05, 4.69) is 10.3 Å². The van der Waals surface area contributed by atoms with E-state index in [0.29, 0.717) is 24.8 Å². The summed E-state index contributed by atoms with van der Waals surface area (Å²) >= 11 is 1.40. The molecule has 0 fully saturated rings. The van der Waals surface area contributed by atoms with Gasteiger partial charge in [-0.05, 0) is 0 Å². The third-order valence-electron chi connectivity index (χ3n) is 1.28. The molecular formula is C7H13N3O2S.